The molecule has 1 aromatic heterocycles. The van der Waals surface area contributed by atoms with Gasteiger partial charge in [-0.15, -0.1) is 0 Å². The van der Waals surface area contributed by atoms with E-state index in [9.17, 15) is 0 Å². The Balaban J connectivity index is 1.48. The van der Waals surface area contributed by atoms with E-state index in [0.717, 1.165) is 29.5 Å². The molecule has 1 atom stereocenters. The van der Waals surface area contributed by atoms with Crippen LogP contribution in [0.25, 0.3) is 0 Å². The summed E-state index contributed by atoms with van der Waals surface area (Å²) in [6.07, 6.45) is 2.89. The van der Waals surface area contributed by atoms with Crippen LogP contribution < -0.4 is 20.3 Å². The van der Waals surface area contributed by atoms with Crippen LogP contribution in [0.4, 0.5) is 5.82 Å². The van der Waals surface area contributed by atoms with Crippen LogP contribution in [-0.4, -0.2) is 44.7 Å². The molecular formula is C19H25N5O. The highest BCUT2D eigenvalue weighted by molar-refractivity contribution is 5.79. The molecule has 132 valence electrons. The van der Waals surface area contributed by atoms with Crippen LogP contribution in [0.15, 0.2) is 47.6 Å². The fourth-order valence-electron chi connectivity index (χ4n) is 2.80. The van der Waals surface area contributed by atoms with Gasteiger partial charge in [-0.2, -0.15) is 0 Å². The third kappa shape index (κ3) is 4.41. The van der Waals surface area contributed by atoms with Crippen molar-refractivity contribution in [1.29, 1.82) is 0 Å². The summed E-state index contributed by atoms with van der Waals surface area (Å²) in [6.45, 7) is 1.41. The third-order valence-corrected chi connectivity index (χ3v) is 4.16. The van der Waals surface area contributed by atoms with Gasteiger partial charge in [-0.3, -0.25) is 4.99 Å². The zero-order chi connectivity index (χ0) is 17.6. The van der Waals surface area contributed by atoms with Crippen LogP contribution in [0.2, 0.25) is 0 Å². The summed E-state index contributed by atoms with van der Waals surface area (Å²) in [6, 6.07) is 12.3. The number of hydrogen-bond acceptors (Lipinski definition) is 4. The second-order valence-corrected chi connectivity index (χ2v) is 6.28. The SMILES string of the molecule is CN=C(NCc1ccnc(N(C)C)c1)NCC1Cc2ccccc2O1. The van der Waals surface area contributed by atoms with E-state index in [0.29, 0.717) is 13.1 Å². The van der Waals surface area contributed by atoms with Gasteiger partial charge in [0.1, 0.15) is 17.7 Å². The van der Waals surface area contributed by atoms with E-state index in [1.807, 2.05) is 43.4 Å². The number of guanidine groups is 1. The summed E-state index contributed by atoms with van der Waals surface area (Å²) < 4.78 is 5.95. The molecule has 0 aliphatic carbocycles. The van der Waals surface area contributed by atoms with Crippen LogP contribution in [-0.2, 0) is 13.0 Å². The second-order valence-electron chi connectivity index (χ2n) is 6.28. The molecule has 6 heteroatoms. The number of aromatic nitrogens is 1. The predicted molar refractivity (Wildman–Crippen MR) is 101 cm³/mol. The average Bonchev–Trinajstić information content (AvgIpc) is 3.05. The average molecular weight is 339 g/mol. The molecule has 6 nitrogen and oxygen atoms in total. The van der Waals surface area contributed by atoms with Gasteiger partial charge in [-0.1, -0.05) is 18.2 Å². The van der Waals surface area contributed by atoms with Crippen molar-refractivity contribution in [2.24, 2.45) is 4.99 Å². The highest BCUT2D eigenvalue weighted by Crippen LogP contribution is 2.27. The van der Waals surface area contributed by atoms with E-state index < -0.39 is 0 Å². The summed E-state index contributed by atoms with van der Waals surface area (Å²) in [4.78, 5) is 10.6. The molecule has 1 aliphatic heterocycles. The van der Waals surface area contributed by atoms with Crippen LogP contribution in [0.3, 0.4) is 0 Å². The first kappa shape index (κ1) is 17.1. The molecule has 1 unspecified atom stereocenters. The smallest absolute Gasteiger partial charge is 0.191 e. The van der Waals surface area contributed by atoms with Gasteiger partial charge in [0.05, 0.1) is 6.54 Å². The number of anilines is 1. The number of hydrogen-bond donors (Lipinski definition) is 2. The fourth-order valence-corrected chi connectivity index (χ4v) is 2.80. The topological polar surface area (TPSA) is 61.8 Å². The normalized spacial score (nSPS) is 16.1. The molecule has 0 spiro atoms. The Labute approximate surface area is 148 Å². The lowest BCUT2D eigenvalue weighted by Crippen LogP contribution is -2.41. The van der Waals surface area contributed by atoms with Gasteiger partial charge in [0, 0.05) is 40.3 Å². The number of pyridine rings is 1. The van der Waals surface area contributed by atoms with Gasteiger partial charge >= 0.3 is 0 Å². The van der Waals surface area contributed by atoms with Crippen LogP contribution in [0.1, 0.15) is 11.1 Å². The number of ether oxygens (including phenoxy) is 1. The highest BCUT2D eigenvalue weighted by Gasteiger charge is 2.22. The Hall–Kier alpha value is -2.76. The molecule has 2 N–H and O–H groups in total. The lowest BCUT2D eigenvalue weighted by Gasteiger charge is -2.16. The largest absolute Gasteiger partial charge is 0.488 e. The Bertz CT molecular complexity index is 719. The van der Waals surface area contributed by atoms with E-state index in [-0.39, 0.29) is 6.10 Å². The van der Waals surface area contributed by atoms with Gasteiger partial charge in [0.25, 0.3) is 0 Å². The van der Waals surface area contributed by atoms with Gasteiger partial charge in [0.2, 0.25) is 0 Å². The minimum atomic E-state index is 0.136. The van der Waals surface area contributed by atoms with Crippen molar-refractivity contribution in [1.82, 2.24) is 15.6 Å². The number of benzene rings is 1. The minimum Gasteiger partial charge on any atom is -0.488 e. The number of aliphatic imine (C=N–C) groups is 1. The number of nitrogens with one attached hydrogen (secondary N) is 2. The van der Waals surface area contributed by atoms with Crippen LogP contribution >= 0.6 is 0 Å². The fraction of sp³-hybridized carbons (Fsp3) is 0.368. The first-order chi connectivity index (χ1) is 12.2. The van der Waals surface area contributed by atoms with Crippen molar-refractivity contribution in [3.8, 4) is 5.75 Å². The number of fused-ring (bicyclic) bond motifs is 1. The molecule has 0 amide bonds. The van der Waals surface area contributed by atoms with Crippen molar-refractivity contribution in [2.75, 3.05) is 32.6 Å². The Morgan fingerprint density at radius 3 is 2.88 bits per heavy atom. The summed E-state index contributed by atoms with van der Waals surface area (Å²) in [7, 11) is 5.75. The number of para-hydroxylation sites is 1. The van der Waals surface area contributed by atoms with E-state index >= 15 is 0 Å². The van der Waals surface area contributed by atoms with Crippen LogP contribution in [0, 0.1) is 0 Å². The second kappa shape index (κ2) is 7.88. The standard InChI is InChI=1S/C19H25N5O/c1-20-19(22-12-14-8-9-21-18(10-14)24(2)3)23-13-16-11-15-6-4-5-7-17(15)25-16/h4-10,16H,11-13H2,1-3H3,(H2,20,22,23). The van der Waals surface area contributed by atoms with E-state index in [1.54, 1.807) is 7.05 Å². The zero-order valence-corrected chi connectivity index (χ0v) is 15.0. The zero-order valence-electron chi connectivity index (χ0n) is 15.0. The molecule has 3 rings (SSSR count). The van der Waals surface area contributed by atoms with Crippen molar-refractivity contribution in [3.63, 3.8) is 0 Å². The first-order valence-corrected chi connectivity index (χ1v) is 8.47. The molecule has 25 heavy (non-hydrogen) atoms. The minimum absolute atomic E-state index is 0.136. The van der Waals surface area contributed by atoms with E-state index in [2.05, 4.69) is 38.8 Å². The number of rotatable bonds is 5. The lowest BCUT2D eigenvalue weighted by molar-refractivity contribution is 0.235. The molecule has 2 aromatic rings. The molecule has 0 saturated carbocycles. The van der Waals surface area contributed by atoms with Gasteiger partial charge < -0.3 is 20.3 Å². The summed E-state index contributed by atoms with van der Waals surface area (Å²) in [5.74, 6) is 2.70. The van der Waals surface area contributed by atoms with Crippen LogP contribution in [0.5, 0.6) is 5.75 Å². The van der Waals surface area contributed by atoms with E-state index in [1.165, 1.54) is 5.56 Å². The summed E-state index contributed by atoms with van der Waals surface area (Å²) in [5, 5.41) is 6.68. The summed E-state index contributed by atoms with van der Waals surface area (Å²) >= 11 is 0. The van der Waals surface area contributed by atoms with Gasteiger partial charge in [-0.05, 0) is 29.3 Å². The maximum Gasteiger partial charge on any atom is 0.191 e. The molecule has 1 aromatic carbocycles. The highest BCUT2D eigenvalue weighted by atomic mass is 16.5. The van der Waals surface area contributed by atoms with Crippen molar-refractivity contribution in [2.45, 2.75) is 19.1 Å². The van der Waals surface area contributed by atoms with Gasteiger partial charge in [-0.25, -0.2) is 4.98 Å². The summed E-state index contributed by atoms with van der Waals surface area (Å²) in [5.41, 5.74) is 2.43. The first-order valence-electron chi connectivity index (χ1n) is 8.47. The van der Waals surface area contributed by atoms with Crippen molar-refractivity contribution < 1.29 is 4.74 Å². The molecule has 0 bridgehead atoms. The van der Waals surface area contributed by atoms with Crippen molar-refractivity contribution >= 4 is 11.8 Å². The Morgan fingerprint density at radius 1 is 1.28 bits per heavy atom. The molecule has 0 radical (unpaired) electrons. The molecule has 2 heterocycles. The van der Waals surface area contributed by atoms with Crippen molar-refractivity contribution in [3.05, 3.63) is 53.7 Å². The quantitative estimate of drug-likeness (QED) is 0.643. The lowest BCUT2D eigenvalue weighted by atomic mass is 10.1. The number of nitrogens with zero attached hydrogens (tertiary/aromatic N) is 3. The Morgan fingerprint density at radius 2 is 2.12 bits per heavy atom. The molecule has 0 saturated heterocycles. The third-order valence-electron chi connectivity index (χ3n) is 4.16. The molecular weight excluding hydrogens is 314 g/mol. The maximum absolute atomic E-state index is 5.95. The monoisotopic (exact) mass is 339 g/mol. The predicted octanol–water partition coefficient (Wildman–Crippen LogP) is 1.82. The maximum atomic E-state index is 5.95. The van der Waals surface area contributed by atoms with Gasteiger partial charge in [0.15, 0.2) is 5.96 Å². The Kier molecular flexibility index (Phi) is 5.38. The van der Waals surface area contributed by atoms with E-state index in [4.69, 9.17) is 4.74 Å². The molecule has 0 fully saturated rings. The molecule has 1 aliphatic rings.